The van der Waals surface area contributed by atoms with Gasteiger partial charge in [0.2, 0.25) is 0 Å². The lowest BCUT2D eigenvalue weighted by Crippen LogP contribution is -1.98. The second-order valence-electron chi connectivity index (χ2n) is 5.87. The summed E-state index contributed by atoms with van der Waals surface area (Å²) in [6.45, 7) is 0. The Hall–Kier alpha value is -3.40. The van der Waals surface area contributed by atoms with E-state index in [9.17, 15) is 0 Å². The molecule has 0 heterocycles. The monoisotopic (exact) mass is 342 g/mol. The Bertz CT molecular complexity index is 975. The number of para-hydroxylation sites is 1. The Morgan fingerprint density at radius 2 is 1.31 bits per heavy atom. The molecule has 0 fully saturated rings. The molecule has 4 heteroatoms. The molecule has 0 bridgehead atoms. The SMILES string of the molecule is COc1cccc(C=NN=C2c3ccccc3-c3ccccc32)c1OC. The van der Waals surface area contributed by atoms with Crippen molar-refractivity contribution in [1.29, 1.82) is 0 Å². The van der Waals surface area contributed by atoms with Crippen molar-refractivity contribution in [2.24, 2.45) is 10.2 Å². The lowest BCUT2D eigenvalue weighted by molar-refractivity contribution is 0.354. The second-order valence-corrected chi connectivity index (χ2v) is 5.87. The van der Waals surface area contributed by atoms with Gasteiger partial charge in [0.15, 0.2) is 11.5 Å². The highest BCUT2D eigenvalue weighted by molar-refractivity contribution is 6.24. The van der Waals surface area contributed by atoms with Crippen molar-refractivity contribution < 1.29 is 9.47 Å². The van der Waals surface area contributed by atoms with Gasteiger partial charge < -0.3 is 9.47 Å². The lowest BCUT2D eigenvalue weighted by atomic mass is 10.1. The van der Waals surface area contributed by atoms with Crippen LogP contribution in [0.4, 0.5) is 0 Å². The molecule has 3 aromatic carbocycles. The van der Waals surface area contributed by atoms with Gasteiger partial charge in [-0.2, -0.15) is 5.10 Å². The molecule has 0 amide bonds. The molecule has 0 radical (unpaired) electrons. The molecule has 1 aliphatic rings. The van der Waals surface area contributed by atoms with Gasteiger partial charge in [0.05, 0.1) is 20.4 Å². The Morgan fingerprint density at radius 3 is 1.88 bits per heavy atom. The summed E-state index contributed by atoms with van der Waals surface area (Å²) in [7, 11) is 3.23. The van der Waals surface area contributed by atoms with E-state index < -0.39 is 0 Å². The third-order valence-corrected chi connectivity index (χ3v) is 4.44. The van der Waals surface area contributed by atoms with Crippen LogP contribution in [-0.4, -0.2) is 26.1 Å². The van der Waals surface area contributed by atoms with E-state index in [1.807, 2.05) is 42.5 Å². The van der Waals surface area contributed by atoms with Gasteiger partial charge in [0, 0.05) is 16.7 Å². The normalized spacial score (nSPS) is 12.0. The van der Waals surface area contributed by atoms with Gasteiger partial charge in [-0.1, -0.05) is 54.6 Å². The fourth-order valence-corrected chi connectivity index (χ4v) is 3.26. The Morgan fingerprint density at radius 1 is 0.692 bits per heavy atom. The molecule has 0 atom stereocenters. The molecule has 1 aliphatic carbocycles. The van der Waals surface area contributed by atoms with Gasteiger partial charge in [0.25, 0.3) is 0 Å². The zero-order chi connectivity index (χ0) is 17.9. The second kappa shape index (κ2) is 6.84. The summed E-state index contributed by atoms with van der Waals surface area (Å²) < 4.78 is 10.8. The summed E-state index contributed by atoms with van der Waals surface area (Å²) in [4.78, 5) is 0. The van der Waals surface area contributed by atoms with Crippen molar-refractivity contribution in [3.8, 4) is 22.6 Å². The number of ether oxygens (including phenoxy) is 2. The third-order valence-electron chi connectivity index (χ3n) is 4.44. The Kier molecular flexibility index (Phi) is 4.23. The largest absolute Gasteiger partial charge is 0.493 e. The fraction of sp³-hybridized carbons (Fsp3) is 0.0909. The number of rotatable bonds is 4. The van der Waals surface area contributed by atoms with Crippen LogP contribution in [0, 0.1) is 0 Å². The molecule has 4 rings (SSSR count). The Balaban J connectivity index is 1.75. The first-order chi connectivity index (χ1) is 12.8. The summed E-state index contributed by atoms with van der Waals surface area (Å²) in [6, 6.07) is 22.2. The molecular weight excluding hydrogens is 324 g/mol. The summed E-state index contributed by atoms with van der Waals surface area (Å²) >= 11 is 0. The van der Waals surface area contributed by atoms with Crippen molar-refractivity contribution in [3.63, 3.8) is 0 Å². The summed E-state index contributed by atoms with van der Waals surface area (Å²) in [5, 5.41) is 8.85. The van der Waals surface area contributed by atoms with Gasteiger partial charge >= 0.3 is 0 Å². The highest BCUT2D eigenvalue weighted by Crippen LogP contribution is 2.36. The van der Waals surface area contributed by atoms with Gasteiger partial charge in [-0.25, -0.2) is 0 Å². The molecule has 0 saturated heterocycles. The van der Waals surface area contributed by atoms with Crippen LogP contribution in [-0.2, 0) is 0 Å². The van der Waals surface area contributed by atoms with Crippen LogP contribution in [0.15, 0.2) is 76.9 Å². The molecule has 0 spiro atoms. The third kappa shape index (κ3) is 2.65. The lowest BCUT2D eigenvalue weighted by Gasteiger charge is -2.09. The number of methoxy groups -OCH3 is 2. The minimum Gasteiger partial charge on any atom is -0.493 e. The molecular formula is C22H18N2O2. The number of hydrogen-bond donors (Lipinski definition) is 0. The first-order valence-electron chi connectivity index (χ1n) is 8.34. The van der Waals surface area contributed by atoms with Gasteiger partial charge in [-0.3, -0.25) is 0 Å². The standard InChI is InChI=1S/C22H18N2O2/c1-25-20-13-7-8-15(22(20)26-2)14-23-24-21-18-11-5-3-9-16(18)17-10-4-6-12-19(17)21/h3-14H,1-2H3. The minimum atomic E-state index is 0.645. The quantitative estimate of drug-likeness (QED) is 0.403. The van der Waals surface area contributed by atoms with Crippen LogP contribution < -0.4 is 9.47 Å². The molecule has 26 heavy (non-hydrogen) atoms. The van der Waals surface area contributed by atoms with Gasteiger partial charge in [0.1, 0.15) is 5.71 Å². The van der Waals surface area contributed by atoms with Crippen LogP contribution in [0.3, 0.4) is 0 Å². The topological polar surface area (TPSA) is 43.2 Å². The van der Waals surface area contributed by atoms with Crippen molar-refractivity contribution >= 4 is 11.9 Å². The summed E-state index contributed by atoms with van der Waals surface area (Å²) in [5.41, 5.74) is 6.28. The van der Waals surface area contributed by atoms with Crippen LogP contribution in [0.25, 0.3) is 11.1 Å². The van der Waals surface area contributed by atoms with Crippen molar-refractivity contribution in [2.45, 2.75) is 0 Å². The predicted octanol–water partition coefficient (Wildman–Crippen LogP) is 4.56. The summed E-state index contributed by atoms with van der Waals surface area (Å²) in [5.74, 6) is 1.31. The minimum absolute atomic E-state index is 0.645. The molecule has 3 aromatic rings. The molecule has 4 nitrogen and oxygen atoms in total. The zero-order valence-electron chi connectivity index (χ0n) is 14.6. The Labute approximate surface area is 152 Å². The zero-order valence-corrected chi connectivity index (χ0v) is 14.6. The van der Waals surface area contributed by atoms with E-state index in [-0.39, 0.29) is 0 Å². The maximum absolute atomic E-state index is 5.44. The van der Waals surface area contributed by atoms with E-state index in [1.165, 1.54) is 11.1 Å². The van der Waals surface area contributed by atoms with Crippen molar-refractivity contribution in [3.05, 3.63) is 83.4 Å². The first kappa shape index (κ1) is 16.1. The number of fused-ring (bicyclic) bond motifs is 3. The molecule has 0 aliphatic heterocycles. The van der Waals surface area contributed by atoms with Gasteiger partial charge in [-0.05, 0) is 23.3 Å². The highest BCUT2D eigenvalue weighted by atomic mass is 16.5. The molecule has 0 unspecified atom stereocenters. The molecule has 0 saturated carbocycles. The highest BCUT2D eigenvalue weighted by Gasteiger charge is 2.23. The molecule has 128 valence electrons. The van der Waals surface area contributed by atoms with Crippen molar-refractivity contribution in [1.82, 2.24) is 0 Å². The van der Waals surface area contributed by atoms with Gasteiger partial charge in [-0.15, -0.1) is 5.10 Å². The van der Waals surface area contributed by atoms with Crippen molar-refractivity contribution in [2.75, 3.05) is 14.2 Å². The van der Waals surface area contributed by atoms with Crippen LogP contribution in [0.5, 0.6) is 11.5 Å². The number of benzene rings is 3. The average Bonchev–Trinajstić information content (AvgIpc) is 3.02. The van der Waals surface area contributed by atoms with E-state index >= 15 is 0 Å². The fourth-order valence-electron chi connectivity index (χ4n) is 3.26. The maximum atomic E-state index is 5.44. The maximum Gasteiger partial charge on any atom is 0.169 e. The van der Waals surface area contributed by atoms with Crippen LogP contribution in [0.2, 0.25) is 0 Å². The smallest absolute Gasteiger partial charge is 0.169 e. The van der Waals surface area contributed by atoms with E-state index in [2.05, 4.69) is 34.5 Å². The molecule has 0 N–H and O–H groups in total. The molecule has 0 aromatic heterocycles. The van der Waals surface area contributed by atoms with Crippen LogP contribution in [0.1, 0.15) is 16.7 Å². The predicted molar refractivity (Wildman–Crippen MR) is 105 cm³/mol. The average molecular weight is 342 g/mol. The number of hydrogen-bond acceptors (Lipinski definition) is 4. The van der Waals surface area contributed by atoms with Crippen LogP contribution >= 0.6 is 0 Å². The van der Waals surface area contributed by atoms with E-state index in [4.69, 9.17) is 9.47 Å². The first-order valence-corrected chi connectivity index (χ1v) is 8.34. The van der Waals surface area contributed by atoms with E-state index in [1.54, 1.807) is 20.4 Å². The number of nitrogens with zero attached hydrogens (tertiary/aromatic N) is 2. The van der Waals surface area contributed by atoms with E-state index in [0.29, 0.717) is 11.5 Å². The van der Waals surface area contributed by atoms with E-state index in [0.717, 1.165) is 22.4 Å². The summed E-state index contributed by atoms with van der Waals surface area (Å²) in [6.07, 6.45) is 1.69.